The zero-order valence-corrected chi connectivity index (χ0v) is 12.4. The number of nitrogen functional groups attached to an aromatic ring is 1. The molecule has 0 atom stereocenters. The van der Waals surface area contributed by atoms with Crippen molar-refractivity contribution in [2.75, 3.05) is 38.6 Å². The fraction of sp³-hybridized carbons (Fsp3) is 0.625. The average molecular weight is 278 g/mol. The summed E-state index contributed by atoms with van der Waals surface area (Å²) in [5.41, 5.74) is 6.47. The van der Waals surface area contributed by atoms with Gasteiger partial charge in [-0.3, -0.25) is 0 Å². The van der Waals surface area contributed by atoms with Crippen molar-refractivity contribution in [2.24, 2.45) is 0 Å². The molecule has 1 aromatic rings. The van der Waals surface area contributed by atoms with Crippen LogP contribution in [0.5, 0.6) is 5.75 Å². The summed E-state index contributed by atoms with van der Waals surface area (Å²) in [5.74, 6) is 0.861. The van der Waals surface area contributed by atoms with Crippen LogP contribution in [0.25, 0.3) is 0 Å². The lowest BCUT2D eigenvalue weighted by molar-refractivity contribution is 0.0135. The summed E-state index contributed by atoms with van der Waals surface area (Å²) >= 11 is 0. The highest BCUT2D eigenvalue weighted by molar-refractivity contribution is 5.43. The van der Waals surface area contributed by atoms with E-state index < -0.39 is 0 Å². The van der Waals surface area contributed by atoms with Crippen LogP contribution in [0.15, 0.2) is 24.3 Å². The van der Waals surface area contributed by atoms with Crippen LogP contribution in [0.4, 0.5) is 5.69 Å². The van der Waals surface area contributed by atoms with Crippen LogP contribution in [0.2, 0.25) is 0 Å². The molecule has 112 valence electrons. The molecule has 2 N–H and O–H groups in total. The quantitative estimate of drug-likeness (QED) is 0.615. The van der Waals surface area contributed by atoms with Crippen LogP contribution in [-0.4, -0.2) is 43.9 Å². The number of hydrogen-bond acceptors (Lipinski definition) is 4. The monoisotopic (exact) mass is 278 g/mol. The number of nitrogens with zero attached hydrogens (tertiary/aromatic N) is 1. The first-order chi connectivity index (χ1) is 9.78. The van der Waals surface area contributed by atoms with Gasteiger partial charge in [-0.25, -0.2) is 0 Å². The van der Waals surface area contributed by atoms with Gasteiger partial charge in [-0.2, -0.15) is 0 Å². The van der Waals surface area contributed by atoms with Crippen LogP contribution in [0.1, 0.15) is 26.2 Å². The minimum absolute atomic E-state index is 0.472. The van der Waals surface area contributed by atoms with Gasteiger partial charge in [0.05, 0.1) is 12.7 Å². The van der Waals surface area contributed by atoms with Gasteiger partial charge in [-0.15, -0.1) is 0 Å². The van der Waals surface area contributed by atoms with E-state index in [-0.39, 0.29) is 0 Å². The van der Waals surface area contributed by atoms with Gasteiger partial charge >= 0.3 is 0 Å². The maximum absolute atomic E-state index is 5.72. The van der Waals surface area contributed by atoms with Crippen LogP contribution in [0.3, 0.4) is 0 Å². The Balaban J connectivity index is 1.58. The molecule has 1 saturated heterocycles. The number of nitrogens with two attached hydrogens (primary N) is 1. The maximum Gasteiger partial charge on any atom is 0.121 e. The number of ether oxygens (including phenoxy) is 2. The number of benzene rings is 1. The van der Waals surface area contributed by atoms with Crippen molar-refractivity contribution in [2.45, 2.75) is 32.3 Å². The largest absolute Gasteiger partial charge is 0.493 e. The van der Waals surface area contributed by atoms with E-state index in [1.165, 1.54) is 0 Å². The molecule has 4 nitrogen and oxygen atoms in total. The lowest BCUT2D eigenvalue weighted by Gasteiger charge is -2.31. The van der Waals surface area contributed by atoms with Crippen LogP contribution >= 0.6 is 0 Å². The topological polar surface area (TPSA) is 47.7 Å². The van der Waals surface area contributed by atoms with Gasteiger partial charge in [0, 0.05) is 38.0 Å². The maximum atomic E-state index is 5.72. The molecule has 0 unspecified atom stereocenters. The van der Waals surface area contributed by atoms with Crippen molar-refractivity contribution in [3.63, 3.8) is 0 Å². The SMILES string of the molecule is CCOC1CCN(CCCOc2cccc(N)c2)CC1. The van der Waals surface area contributed by atoms with Crippen molar-refractivity contribution < 1.29 is 9.47 Å². The summed E-state index contributed by atoms with van der Waals surface area (Å²) in [4.78, 5) is 2.50. The first kappa shape index (κ1) is 15.1. The van der Waals surface area contributed by atoms with E-state index in [2.05, 4.69) is 11.8 Å². The van der Waals surface area contributed by atoms with E-state index in [4.69, 9.17) is 15.2 Å². The molecule has 20 heavy (non-hydrogen) atoms. The molecule has 2 rings (SSSR count). The van der Waals surface area contributed by atoms with Crippen LogP contribution < -0.4 is 10.5 Å². The molecule has 4 heteroatoms. The number of likely N-dealkylation sites (tertiary alicyclic amines) is 1. The first-order valence-corrected chi connectivity index (χ1v) is 7.60. The molecular formula is C16H26N2O2. The Morgan fingerprint density at radius 2 is 2.10 bits per heavy atom. The summed E-state index contributed by atoms with van der Waals surface area (Å²) in [5, 5.41) is 0. The van der Waals surface area contributed by atoms with Gasteiger partial charge in [-0.1, -0.05) is 6.07 Å². The Labute approximate surface area is 121 Å². The standard InChI is InChI=1S/C16H26N2O2/c1-2-19-15-7-10-18(11-8-15)9-4-12-20-16-6-3-5-14(17)13-16/h3,5-6,13,15H,2,4,7-12,17H2,1H3. The zero-order chi connectivity index (χ0) is 14.2. The van der Waals surface area contributed by atoms with Gasteiger partial charge in [0.1, 0.15) is 5.75 Å². The second kappa shape index (κ2) is 8.12. The highest BCUT2D eigenvalue weighted by atomic mass is 16.5. The van der Waals surface area contributed by atoms with Gasteiger partial charge in [0.15, 0.2) is 0 Å². The minimum atomic E-state index is 0.472. The van der Waals surface area contributed by atoms with E-state index in [0.717, 1.165) is 63.5 Å². The summed E-state index contributed by atoms with van der Waals surface area (Å²) in [6.07, 6.45) is 3.84. The third-order valence-corrected chi connectivity index (χ3v) is 3.68. The fourth-order valence-corrected chi connectivity index (χ4v) is 2.62. The predicted octanol–water partition coefficient (Wildman–Crippen LogP) is 2.54. The molecular weight excluding hydrogens is 252 g/mol. The van der Waals surface area contributed by atoms with E-state index >= 15 is 0 Å². The Bertz CT molecular complexity index is 390. The molecule has 0 spiro atoms. The molecule has 0 amide bonds. The molecule has 1 aliphatic rings. The Morgan fingerprint density at radius 1 is 1.30 bits per heavy atom. The zero-order valence-electron chi connectivity index (χ0n) is 12.4. The minimum Gasteiger partial charge on any atom is -0.493 e. The number of rotatable bonds is 7. The highest BCUT2D eigenvalue weighted by Crippen LogP contribution is 2.16. The Kier molecular flexibility index (Phi) is 6.15. The molecule has 1 aromatic carbocycles. The van der Waals surface area contributed by atoms with Gasteiger partial charge in [0.25, 0.3) is 0 Å². The van der Waals surface area contributed by atoms with Gasteiger partial charge in [-0.05, 0) is 38.3 Å². The summed E-state index contributed by atoms with van der Waals surface area (Å²) in [6, 6.07) is 7.61. The molecule has 0 saturated carbocycles. The van der Waals surface area contributed by atoms with Gasteiger partial charge in [0.2, 0.25) is 0 Å². The fourth-order valence-electron chi connectivity index (χ4n) is 2.62. The molecule has 0 aliphatic carbocycles. The first-order valence-electron chi connectivity index (χ1n) is 7.60. The lowest BCUT2D eigenvalue weighted by Crippen LogP contribution is -2.37. The van der Waals surface area contributed by atoms with Crippen molar-refractivity contribution >= 4 is 5.69 Å². The summed E-state index contributed by atoms with van der Waals surface area (Å²) in [7, 11) is 0. The number of hydrogen-bond donors (Lipinski definition) is 1. The smallest absolute Gasteiger partial charge is 0.121 e. The van der Waals surface area contributed by atoms with Crippen molar-refractivity contribution in [1.29, 1.82) is 0 Å². The summed E-state index contributed by atoms with van der Waals surface area (Å²) < 4.78 is 11.4. The number of piperidine rings is 1. The Morgan fingerprint density at radius 3 is 2.80 bits per heavy atom. The lowest BCUT2D eigenvalue weighted by atomic mass is 10.1. The second-order valence-electron chi connectivity index (χ2n) is 5.27. The van der Waals surface area contributed by atoms with E-state index in [1.807, 2.05) is 24.3 Å². The van der Waals surface area contributed by atoms with E-state index in [9.17, 15) is 0 Å². The third kappa shape index (κ3) is 5.02. The van der Waals surface area contributed by atoms with Gasteiger partial charge < -0.3 is 20.1 Å². The molecule has 1 aliphatic heterocycles. The number of anilines is 1. The average Bonchev–Trinajstić information content (AvgIpc) is 2.46. The highest BCUT2D eigenvalue weighted by Gasteiger charge is 2.18. The van der Waals surface area contributed by atoms with E-state index in [1.54, 1.807) is 0 Å². The molecule has 0 aromatic heterocycles. The predicted molar refractivity (Wildman–Crippen MR) is 82.1 cm³/mol. The summed E-state index contributed by atoms with van der Waals surface area (Å²) in [6.45, 7) is 7.03. The molecule has 0 bridgehead atoms. The normalized spacial score (nSPS) is 17.2. The van der Waals surface area contributed by atoms with Crippen LogP contribution in [0, 0.1) is 0 Å². The van der Waals surface area contributed by atoms with Crippen molar-refractivity contribution in [3.8, 4) is 5.75 Å². The molecule has 0 radical (unpaired) electrons. The Hall–Kier alpha value is -1.26. The van der Waals surface area contributed by atoms with Crippen molar-refractivity contribution in [3.05, 3.63) is 24.3 Å². The van der Waals surface area contributed by atoms with Crippen LogP contribution in [-0.2, 0) is 4.74 Å². The van der Waals surface area contributed by atoms with E-state index in [0.29, 0.717) is 6.10 Å². The second-order valence-corrected chi connectivity index (χ2v) is 5.27. The van der Waals surface area contributed by atoms with Crippen molar-refractivity contribution in [1.82, 2.24) is 4.90 Å². The molecule has 1 fully saturated rings. The molecule has 1 heterocycles. The third-order valence-electron chi connectivity index (χ3n) is 3.68.